The van der Waals surface area contributed by atoms with Crippen LogP contribution < -0.4 is 10.2 Å². The monoisotopic (exact) mass is 250 g/mol. The highest BCUT2D eigenvalue weighted by Gasteiger charge is 2.18. The fourth-order valence-electron chi connectivity index (χ4n) is 2.25. The van der Waals surface area contributed by atoms with Crippen LogP contribution in [0.2, 0.25) is 0 Å². The van der Waals surface area contributed by atoms with E-state index in [9.17, 15) is 0 Å². The van der Waals surface area contributed by atoms with Gasteiger partial charge in [0.15, 0.2) is 0 Å². The van der Waals surface area contributed by atoms with Gasteiger partial charge in [-0.05, 0) is 44.1 Å². The lowest BCUT2D eigenvalue weighted by Gasteiger charge is -2.30. The minimum atomic E-state index is 0.326. The van der Waals surface area contributed by atoms with Crippen LogP contribution in [0.4, 0.5) is 0 Å². The van der Waals surface area contributed by atoms with Crippen molar-refractivity contribution < 1.29 is 9.57 Å². The van der Waals surface area contributed by atoms with E-state index in [4.69, 9.17) is 9.57 Å². The van der Waals surface area contributed by atoms with E-state index in [-0.39, 0.29) is 0 Å². The molecule has 2 rings (SSSR count). The molecule has 1 fully saturated rings. The van der Waals surface area contributed by atoms with Crippen LogP contribution in [0.1, 0.15) is 18.4 Å². The molecule has 1 aromatic carbocycles. The number of ether oxygens (including phenoxy) is 1. The average molecular weight is 250 g/mol. The molecule has 4 nitrogen and oxygen atoms in total. The van der Waals surface area contributed by atoms with Gasteiger partial charge in [-0.25, -0.2) is 0 Å². The molecule has 0 bridgehead atoms. The summed E-state index contributed by atoms with van der Waals surface area (Å²) in [4.78, 5) is 7.15. The Morgan fingerprint density at radius 3 is 2.78 bits per heavy atom. The van der Waals surface area contributed by atoms with Crippen LogP contribution in [0.5, 0.6) is 5.75 Å². The van der Waals surface area contributed by atoms with Crippen LogP contribution in [0.15, 0.2) is 24.3 Å². The van der Waals surface area contributed by atoms with Gasteiger partial charge in [0, 0.05) is 13.1 Å². The van der Waals surface area contributed by atoms with Gasteiger partial charge in [0.2, 0.25) is 0 Å². The Balaban J connectivity index is 1.85. The largest absolute Gasteiger partial charge is 0.489 e. The van der Waals surface area contributed by atoms with Crippen molar-refractivity contribution in [1.82, 2.24) is 10.4 Å². The lowest BCUT2D eigenvalue weighted by molar-refractivity contribution is 0.0866. The van der Waals surface area contributed by atoms with Crippen LogP contribution in [0.25, 0.3) is 0 Å². The number of likely N-dealkylation sites (tertiary alicyclic amines) is 1. The van der Waals surface area contributed by atoms with E-state index >= 15 is 0 Å². The first-order valence-electron chi connectivity index (χ1n) is 6.48. The molecule has 18 heavy (non-hydrogen) atoms. The molecule has 0 amide bonds. The number of benzene rings is 1. The highest BCUT2D eigenvalue weighted by Crippen LogP contribution is 2.18. The number of likely N-dealkylation sites (N-methyl/N-ethyl adjacent to an activating group) is 1. The number of piperidine rings is 1. The SMILES string of the molecule is CONCc1ccc(OC2CCCN(C)C2)cc1. The molecule has 100 valence electrons. The minimum absolute atomic E-state index is 0.326. The molecular weight excluding hydrogens is 228 g/mol. The smallest absolute Gasteiger partial charge is 0.119 e. The van der Waals surface area contributed by atoms with Crippen LogP contribution in [0, 0.1) is 0 Å². The molecular formula is C14H22N2O2. The summed E-state index contributed by atoms with van der Waals surface area (Å²) >= 11 is 0. The van der Waals surface area contributed by atoms with E-state index in [0.717, 1.165) is 18.7 Å². The van der Waals surface area contributed by atoms with E-state index in [1.165, 1.54) is 18.5 Å². The molecule has 0 spiro atoms. The van der Waals surface area contributed by atoms with Crippen LogP contribution in [-0.4, -0.2) is 38.3 Å². The van der Waals surface area contributed by atoms with Crippen LogP contribution >= 0.6 is 0 Å². The molecule has 0 saturated carbocycles. The van der Waals surface area contributed by atoms with Gasteiger partial charge in [0.25, 0.3) is 0 Å². The Bertz CT molecular complexity index is 353. The van der Waals surface area contributed by atoms with Crippen molar-refractivity contribution in [2.24, 2.45) is 0 Å². The third-order valence-electron chi connectivity index (χ3n) is 3.23. The van der Waals surface area contributed by atoms with Gasteiger partial charge in [-0.1, -0.05) is 12.1 Å². The molecule has 0 aromatic heterocycles. The Morgan fingerprint density at radius 1 is 1.33 bits per heavy atom. The standard InChI is InChI=1S/C14H22N2O2/c1-16-9-3-4-14(11-16)18-13-7-5-12(6-8-13)10-15-17-2/h5-8,14-15H,3-4,9-11H2,1-2H3. The van der Waals surface area contributed by atoms with E-state index in [1.807, 2.05) is 12.1 Å². The lowest BCUT2D eigenvalue weighted by atomic mass is 10.1. The normalized spacial score (nSPS) is 20.9. The summed E-state index contributed by atoms with van der Waals surface area (Å²) in [6.45, 7) is 2.91. The molecule has 1 unspecified atom stereocenters. The topological polar surface area (TPSA) is 33.7 Å². The molecule has 1 saturated heterocycles. The van der Waals surface area contributed by atoms with Crippen molar-refractivity contribution in [3.05, 3.63) is 29.8 Å². The quantitative estimate of drug-likeness (QED) is 0.808. The van der Waals surface area contributed by atoms with Gasteiger partial charge in [-0.3, -0.25) is 0 Å². The zero-order valence-electron chi connectivity index (χ0n) is 11.2. The maximum Gasteiger partial charge on any atom is 0.119 e. The lowest BCUT2D eigenvalue weighted by Crippen LogP contribution is -2.38. The second-order valence-corrected chi connectivity index (χ2v) is 4.81. The van der Waals surface area contributed by atoms with Gasteiger partial charge in [-0.2, -0.15) is 5.48 Å². The highest BCUT2D eigenvalue weighted by molar-refractivity contribution is 5.27. The van der Waals surface area contributed by atoms with Crippen molar-refractivity contribution in [2.75, 3.05) is 27.2 Å². The van der Waals surface area contributed by atoms with Gasteiger partial charge in [0.1, 0.15) is 11.9 Å². The Hall–Kier alpha value is -1.10. The second-order valence-electron chi connectivity index (χ2n) is 4.81. The molecule has 1 heterocycles. The third-order valence-corrected chi connectivity index (χ3v) is 3.23. The fourth-order valence-corrected chi connectivity index (χ4v) is 2.25. The predicted octanol–water partition coefficient (Wildman–Crippen LogP) is 1.81. The van der Waals surface area contributed by atoms with E-state index in [1.54, 1.807) is 7.11 Å². The summed E-state index contributed by atoms with van der Waals surface area (Å²) in [7, 11) is 3.77. The number of nitrogens with zero attached hydrogens (tertiary/aromatic N) is 1. The number of hydroxylamine groups is 1. The predicted molar refractivity (Wildman–Crippen MR) is 71.4 cm³/mol. The molecule has 0 radical (unpaired) electrons. The summed E-state index contributed by atoms with van der Waals surface area (Å²) in [6.07, 6.45) is 2.70. The van der Waals surface area contributed by atoms with E-state index in [2.05, 4.69) is 29.6 Å². The zero-order chi connectivity index (χ0) is 12.8. The minimum Gasteiger partial charge on any atom is -0.489 e. The van der Waals surface area contributed by atoms with Gasteiger partial charge in [0.05, 0.1) is 7.11 Å². The van der Waals surface area contributed by atoms with Gasteiger partial charge in [-0.15, -0.1) is 0 Å². The van der Waals surface area contributed by atoms with Gasteiger partial charge >= 0.3 is 0 Å². The Kier molecular flexibility index (Phi) is 4.99. The first-order valence-corrected chi connectivity index (χ1v) is 6.48. The zero-order valence-corrected chi connectivity index (χ0v) is 11.2. The molecule has 0 aliphatic carbocycles. The van der Waals surface area contributed by atoms with Crippen molar-refractivity contribution in [2.45, 2.75) is 25.5 Å². The Morgan fingerprint density at radius 2 is 2.11 bits per heavy atom. The maximum absolute atomic E-state index is 5.99. The van der Waals surface area contributed by atoms with Crippen molar-refractivity contribution in [3.8, 4) is 5.75 Å². The van der Waals surface area contributed by atoms with Crippen molar-refractivity contribution >= 4 is 0 Å². The van der Waals surface area contributed by atoms with Crippen molar-refractivity contribution in [1.29, 1.82) is 0 Å². The molecule has 1 aliphatic heterocycles. The number of hydrogen-bond donors (Lipinski definition) is 1. The molecule has 1 aliphatic rings. The van der Waals surface area contributed by atoms with Crippen molar-refractivity contribution in [3.63, 3.8) is 0 Å². The average Bonchev–Trinajstić information content (AvgIpc) is 2.38. The number of hydrogen-bond acceptors (Lipinski definition) is 4. The summed E-state index contributed by atoms with van der Waals surface area (Å²) in [6, 6.07) is 8.18. The molecule has 1 N–H and O–H groups in total. The maximum atomic E-state index is 5.99. The van der Waals surface area contributed by atoms with E-state index in [0.29, 0.717) is 12.6 Å². The van der Waals surface area contributed by atoms with Gasteiger partial charge < -0.3 is 14.5 Å². The third kappa shape index (κ3) is 3.98. The Labute approximate surface area is 109 Å². The first kappa shape index (κ1) is 13.3. The summed E-state index contributed by atoms with van der Waals surface area (Å²) in [5, 5.41) is 0. The molecule has 1 aromatic rings. The summed E-state index contributed by atoms with van der Waals surface area (Å²) in [5.41, 5.74) is 4.01. The number of rotatable bonds is 5. The second kappa shape index (κ2) is 6.73. The molecule has 1 atom stereocenters. The first-order chi connectivity index (χ1) is 8.78. The molecule has 4 heteroatoms. The van der Waals surface area contributed by atoms with Crippen LogP contribution in [-0.2, 0) is 11.4 Å². The highest BCUT2D eigenvalue weighted by atomic mass is 16.6. The summed E-state index contributed by atoms with van der Waals surface area (Å²) < 4.78 is 5.99. The fraction of sp³-hybridized carbons (Fsp3) is 0.571. The van der Waals surface area contributed by atoms with Crippen LogP contribution in [0.3, 0.4) is 0 Å². The summed E-state index contributed by atoms with van der Waals surface area (Å²) in [5.74, 6) is 0.955. The van der Waals surface area contributed by atoms with E-state index < -0.39 is 0 Å². The number of nitrogens with one attached hydrogen (secondary N) is 1.